The van der Waals surface area contributed by atoms with E-state index in [1.807, 2.05) is 80.6 Å². The third-order valence-electron chi connectivity index (χ3n) is 5.77. The third-order valence-corrected chi connectivity index (χ3v) is 5.77. The lowest BCUT2D eigenvalue weighted by Crippen LogP contribution is -2.28. The zero-order chi connectivity index (χ0) is 24.8. The standard InChI is InChI=1S/C30H25NO4/c1-21-17-18-23(19-22(21)2)28(32)20-35-30(34)27-16-10-9-15-26(27)29(33)31(24-11-5-3-6-12-24)25-13-7-4-8-14-25/h3-19H,20H2,1-2H3. The molecule has 35 heavy (non-hydrogen) atoms. The summed E-state index contributed by atoms with van der Waals surface area (Å²) >= 11 is 0. The van der Waals surface area contributed by atoms with Gasteiger partial charge < -0.3 is 4.74 Å². The lowest BCUT2D eigenvalue weighted by atomic mass is 10.0. The van der Waals surface area contributed by atoms with Gasteiger partial charge in [0.05, 0.1) is 11.1 Å². The Morgan fingerprint density at radius 2 is 1.20 bits per heavy atom. The number of carbonyl (C=O) groups is 3. The molecule has 0 aliphatic heterocycles. The second kappa shape index (κ2) is 10.6. The fourth-order valence-electron chi connectivity index (χ4n) is 3.71. The van der Waals surface area contributed by atoms with Gasteiger partial charge in [-0.05, 0) is 67.4 Å². The Morgan fingerprint density at radius 3 is 1.77 bits per heavy atom. The number of hydrogen-bond donors (Lipinski definition) is 0. The van der Waals surface area contributed by atoms with E-state index < -0.39 is 12.6 Å². The average molecular weight is 464 g/mol. The summed E-state index contributed by atoms with van der Waals surface area (Å²) in [5, 5.41) is 0. The van der Waals surface area contributed by atoms with E-state index in [9.17, 15) is 14.4 Å². The zero-order valence-corrected chi connectivity index (χ0v) is 19.6. The maximum atomic E-state index is 13.8. The van der Waals surface area contributed by atoms with Gasteiger partial charge in [-0.1, -0.05) is 60.7 Å². The molecule has 0 aliphatic rings. The van der Waals surface area contributed by atoms with E-state index in [0.717, 1.165) is 11.1 Å². The first-order valence-electron chi connectivity index (χ1n) is 11.3. The Kier molecular flexibility index (Phi) is 7.17. The van der Waals surface area contributed by atoms with Crippen molar-refractivity contribution < 1.29 is 19.1 Å². The fourth-order valence-corrected chi connectivity index (χ4v) is 3.71. The van der Waals surface area contributed by atoms with Gasteiger partial charge in [-0.3, -0.25) is 14.5 Å². The minimum Gasteiger partial charge on any atom is -0.454 e. The molecule has 174 valence electrons. The second-order valence-electron chi connectivity index (χ2n) is 8.16. The molecule has 0 aromatic heterocycles. The predicted molar refractivity (Wildman–Crippen MR) is 136 cm³/mol. The Balaban J connectivity index is 1.60. The summed E-state index contributed by atoms with van der Waals surface area (Å²) in [4.78, 5) is 40.9. The summed E-state index contributed by atoms with van der Waals surface area (Å²) in [6, 6.07) is 30.3. The van der Waals surface area contributed by atoms with E-state index >= 15 is 0 Å². The number of para-hydroxylation sites is 2. The summed E-state index contributed by atoms with van der Waals surface area (Å²) in [6.07, 6.45) is 0. The number of nitrogens with zero attached hydrogens (tertiary/aromatic N) is 1. The second-order valence-corrected chi connectivity index (χ2v) is 8.16. The van der Waals surface area contributed by atoms with Gasteiger partial charge in [-0.25, -0.2) is 4.79 Å². The quantitative estimate of drug-likeness (QED) is 0.238. The number of benzene rings is 4. The minimum absolute atomic E-state index is 0.0993. The molecule has 0 unspecified atom stereocenters. The smallest absolute Gasteiger partial charge is 0.339 e. The number of hydrogen-bond acceptors (Lipinski definition) is 4. The van der Waals surface area contributed by atoms with Crippen LogP contribution in [0.25, 0.3) is 0 Å². The van der Waals surface area contributed by atoms with Crippen molar-refractivity contribution >= 4 is 29.0 Å². The molecule has 0 atom stereocenters. The maximum Gasteiger partial charge on any atom is 0.339 e. The molecule has 0 saturated carbocycles. The van der Waals surface area contributed by atoms with E-state index in [1.54, 1.807) is 35.2 Å². The van der Waals surface area contributed by atoms with Crippen molar-refractivity contribution in [1.82, 2.24) is 0 Å². The first-order chi connectivity index (χ1) is 17.0. The van der Waals surface area contributed by atoms with E-state index in [-0.39, 0.29) is 22.8 Å². The highest BCUT2D eigenvalue weighted by molar-refractivity contribution is 6.15. The molecule has 0 saturated heterocycles. The molecule has 4 rings (SSSR count). The van der Waals surface area contributed by atoms with E-state index in [2.05, 4.69) is 0 Å². The Labute approximate surface area is 204 Å². The van der Waals surface area contributed by atoms with Gasteiger partial charge in [0, 0.05) is 16.9 Å². The van der Waals surface area contributed by atoms with Crippen LogP contribution in [-0.4, -0.2) is 24.3 Å². The van der Waals surface area contributed by atoms with Crippen LogP contribution in [0.3, 0.4) is 0 Å². The maximum absolute atomic E-state index is 13.8. The van der Waals surface area contributed by atoms with Gasteiger partial charge in [-0.2, -0.15) is 0 Å². The van der Waals surface area contributed by atoms with Gasteiger partial charge in [-0.15, -0.1) is 0 Å². The number of ketones is 1. The van der Waals surface area contributed by atoms with Crippen molar-refractivity contribution in [2.75, 3.05) is 11.5 Å². The van der Waals surface area contributed by atoms with Gasteiger partial charge in [0.25, 0.3) is 5.91 Å². The largest absolute Gasteiger partial charge is 0.454 e. The van der Waals surface area contributed by atoms with Gasteiger partial charge in [0.15, 0.2) is 12.4 Å². The van der Waals surface area contributed by atoms with E-state index in [4.69, 9.17) is 4.74 Å². The molecule has 0 heterocycles. The molecular formula is C30H25NO4. The molecule has 0 bridgehead atoms. The van der Waals surface area contributed by atoms with E-state index in [1.165, 1.54) is 6.07 Å². The Hall–Kier alpha value is -4.51. The SMILES string of the molecule is Cc1ccc(C(=O)COC(=O)c2ccccc2C(=O)N(c2ccccc2)c2ccccc2)cc1C. The molecule has 0 fully saturated rings. The van der Waals surface area contributed by atoms with Crippen molar-refractivity contribution in [3.8, 4) is 0 Å². The minimum atomic E-state index is -0.729. The summed E-state index contributed by atoms with van der Waals surface area (Å²) < 4.78 is 5.34. The van der Waals surface area contributed by atoms with Crippen LogP contribution in [0.1, 0.15) is 42.2 Å². The molecule has 5 heteroatoms. The van der Waals surface area contributed by atoms with Crippen LogP contribution in [0, 0.1) is 13.8 Å². The number of Topliss-reactive ketones (excluding diaryl/α,β-unsaturated/α-hetero) is 1. The van der Waals surface area contributed by atoms with Crippen molar-refractivity contribution in [2.45, 2.75) is 13.8 Å². The van der Waals surface area contributed by atoms with E-state index in [0.29, 0.717) is 16.9 Å². The summed E-state index contributed by atoms with van der Waals surface area (Å²) in [5.41, 5.74) is 4.15. The van der Waals surface area contributed by atoms with Crippen molar-refractivity contribution in [1.29, 1.82) is 0 Å². The first kappa shape index (κ1) is 23.6. The summed E-state index contributed by atoms with van der Waals surface area (Å²) in [6.45, 7) is 3.47. The normalized spacial score (nSPS) is 10.5. The van der Waals surface area contributed by atoms with Crippen LogP contribution in [0.15, 0.2) is 103 Å². The van der Waals surface area contributed by atoms with Gasteiger partial charge in [0.1, 0.15) is 0 Å². The lowest BCUT2D eigenvalue weighted by Gasteiger charge is -2.24. The lowest BCUT2D eigenvalue weighted by molar-refractivity contribution is 0.0472. The van der Waals surface area contributed by atoms with Crippen molar-refractivity contribution in [3.63, 3.8) is 0 Å². The van der Waals surface area contributed by atoms with Crippen molar-refractivity contribution in [2.24, 2.45) is 0 Å². The molecular weight excluding hydrogens is 438 g/mol. The fraction of sp³-hybridized carbons (Fsp3) is 0.100. The van der Waals surface area contributed by atoms with Gasteiger partial charge >= 0.3 is 5.97 Å². The molecule has 5 nitrogen and oxygen atoms in total. The number of rotatable bonds is 7. The number of aryl methyl sites for hydroxylation is 2. The Morgan fingerprint density at radius 1 is 0.657 bits per heavy atom. The number of anilines is 2. The predicted octanol–water partition coefficient (Wildman–Crippen LogP) is 6.32. The third kappa shape index (κ3) is 5.36. The molecule has 4 aromatic rings. The number of ether oxygens (including phenoxy) is 1. The van der Waals surface area contributed by atoms with Crippen LogP contribution in [-0.2, 0) is 4.74 Å². The monoisotopic (exact) mass is 463 g/mol. The number of carbonyl (C=O) groups excluding carboxylic acids is 3. The highest BCUT2D eigenvalue weighted by Gasteiger charge is 2.25. The molecule has 4 aromatic carbocycles. The van der Waals surface area contributed by atoms with Crippen LogP contribution in [0.2, 0.25) is 0 Å². The Bertz CT molecular complexity index is 1320. The molecule has 1 amide bonds. The topological polar surface area (TPSA) is 63.7 Å². The molecule has 0 aliphatic carbocycles. The molecule has 0 N–H and O–H groups in total. The first-order valence-corrected chi connectivity index (χ1v) is 11.3. The van der Waals surface area contributed by atoms with Crippen molar-refractivity contribution in [3.05, 3.63) is 131 Å². The average Bonchev–Trinajstić information content (AvgIpc) is 2.90. The van der Waals surface area contributed by atoms with Gasteiger partial charge in [0.2, 0.25) is 0 Å². The highest BCUT2D eigenvalue weighted by Crippen LogP contribution is 2.28. The number of amides is 1. The van der Waals surface area contributed by atoms with Crippen LogP contribution in [0.5, 0.6) is 0 Å². The van der Waals surface area contributed by atoms with Crippen LogP contribution >= 0.6 is 0 Å². The zero-order valence-electron chi connectivity index (χ0n) is 19.6. The summed E-state index contributed by atoms with van der Waals surface area (Å²) in [5.74, 6) is -1.41. The number of esters is 1. The highest BCUT2D eigenvalue weighted by atomic mass is 16.5. The molecule has 0 spiro atoms. The van der Waals surface area contributed by atoms with Crippen LogP contribution < -0.4 is 4.90 Å². The molecule has 0 radical (unpaired) electrons. The van der Waals surface area contributed by atoms with Crippen LogP contribution in [0.4, 0.5) is 11.4 Å². The summed E-state index contributed by atoms with van der Waals surface area (Å²) in [7, 11) is 0.